The van der Waals surface area contributed by atoms with Gasteiger partial charge in [0.15, 0.2) is 6.61 Å². The van der Waals surface area contributed by atoms with E-state index in [9.17, 15) is 14.4 Å². The van der Waals surface area contributed by atoms with Gasteiger partial charge in [0.2, 0.25) is 5.91 Å². The fraction of sp³-hybridized carbons (Fsp3) is 0.286. The van der Waals surface area contributed by atoms with Gasteiger partial charge in [-0.2, -0.15) is 0 Å². The van der Waals surface area contributed by atoms with Crippen molar-refractivity contribution in [2.75, 3.05) is 24.4 Å². The van der Waals surface area contributed by atoms with Gasteiger partial charge in [-0.25, -0.2) is 0 Å². The van der Waals surface area contributed by atoms with Gasteiger partial charge in [0.1, 0.15) is 5.75 Å². The number of ether oxygens (including phenoxy) is 2. The molecule has 7 heteroatoms. The molecule has 0 fully saturated rings. The highest BCUT2D eigenvalue weighted by molar-refractivity contribution is 5.93. The molecule has 0 aliphatic rings. The van der Waals surface area contributed by atoms with Crippen LogP contribution >= 0.6 is 0 Å². The van der Waals surface area contributed by atoms with E-state index in [4.69, 9.17) is 9.47 Å². The number of carbonyl (C=O) groups is 3. The Morgan fingerprint density at radius 2 is 1.57 bits per heavy atom. The fourth-order valence-electron chi connectivity index (χ4n) is 2.59. The van der Waals surface area contributed by atoms with Gasteiger partial charge in [-0.3, -0.25) is 14.4 Å². The van der Waals surface area contributed by atoms with Crippen molar-refractivity contribution in [1.82, 2.24) is 0 Å². The first-order valence-electron chi connectivity index (χ1n) is 8.93. The van der Waals surface area contributed by atoms with Crippen LogP contribution in [-0.4, -0.2) is 31.5 Å². The number of carbonyl (C=O) groups excluding carboxylic acids is 3. The summed E-state index contributed by atoms with van der Waals surface area (Å²) in [5.74, 6) is -0.231. The van der Waals surface area contributed by atoms with Gasteiger partial charge in [0.25, 0.3) is 5.91 Å². The Morgan fingerprint density at radius 3 is 2.21 bits per heavy atom. The first-order valence-corrected chi connectivity index (χ1v) is 8.93. The Bertz CT molecular complexity index is 818. The minimum Gasteiger partial charge on any atom is -0.496 e. The van der Waals surface area contributed by atoms with Crippen LogP contribution in [-0.2, 0) is 25.5 Å². The first kappa shape index (κ1) is 21.0. The maximum atomic E-state index is 11.9. The topological polar surface area (TPSA) is 93.7 Å². The molecule has 0 aliphatic heterocycles. The van der Waals surface area contributed by atoms with Crippen molar-refractivity contribution in [3.05, 3.63) is 54.1 Å². The molecule has 0 saturated heterocycles. The van der Waals surface area contributed by atoms with E-state index in [0.29, 0.717) is 24.2 Å². The van der Waals surface area contributed by atoms with E-state index in [1.165, 1.54) is 6.92 Å². The Balaban J connectivity index is 1.69. The van der Waals surface area contributed by atoms with Gasteiger partial charge in [-0.1, -0.05) is 18.2 Å². The lowest BCUT2D eigenvalue weighted by molar-refractivity contribution is -0.147. The van der Waals surface area contributed by atoms with Gasteiger partial charge < -0.3 is 20.1 Å². The number of hydrogen-bond acceptors (Lipinski definition) is 5. The molecule has 0 saturated carbocycles. The van der Waals surface area contributed by atoms with Gasteiger partial charge in [-0.05, 0) is 48.7 Å². The van der Waals surface area contributed by atoms with Crippen LogP contribution in [0.3, 0.4) is 0 Å². The van der Waals surface area contributed by atoms with Crippen LogP contribution in [0.25, 0.3) is 0 Å². The third-order valence-corrected chi connectivity index (χ3v) is 3.87. The predicted octanol–water partition coefficient (Wildman–Crippen LogP) is 3.16. The molecule has 0 radical (unpaired) electrons. The van der Waals surface area contributed by atoms with Crippen molar-refractivity contribution >= 4 is 29.2 Å². The Hall–Kier alpha value is -3.35. The summed E-state index contributed by atoms with van der Waals surface area (Å²) in [6, 6.07) is 14.3. The number of hydrogen-bond donors (Lipinski definition) is 2. The second-order valence-electron chi connectivity index (χ2n) is 6.13. The average Bonchev–Trinajstić information content (AvgIpc) is 2.68. The van der Waals surface area contributed by atoms with Crippen LogP contribution in [0.1, 0.15) is 25.3 Å². The van der Waals surface area contributed by atoms with E-state index in [1.54, 1.807) is 31.4 Å². The second-order valence-corrected chi connectivity index (χ2v) is 6.13. The number of benzene rings is 2. The van der Waals surface area contributed by atoms with E-state index in [1.807, 2.05) is 24.3 Å². The third kappa shape index (κ3) is 7.11. The summed E-state index contributed by atoms with van der Waals surface area (Å²) in [5.41, 5.74) is 2.21. The molecule has 0 atom stereocenters. The molecule has 28 heavy (non-hydrogen) atoms. The lowest BCUT2D eigenvalue weighted by Crippen LogP contribution is -2.20. The second kappa shape index (κ2) is 10.7. The Kier molecular flexibility index (Phi) is 8.02. The molecule has 2 amide bonds. The van der Waals surface area contributed by atoms with Crippen LogP contribution in [0.15, 0.2) is 48.5 Å². The zero-order valence-corrected chi connectivity index (χ0v) is 16.0. The number of aryl methyl sites for hydroxylation is 1. The molecule has 7 nitrogen and oxygen atoms in total. The molecular weight excluding hydrogens is 360 g/mol. The highest BCUT2D eigenvalue weighted by Gasteiger charge is 2.09. The molecule has 2 rings (SSSR count). The Morgan fingerprint density at radius 1 is 0.929 bits per heavy atom. The lowest BCUT2D eigenvalue weighted by atomic mass is 10.1. The quantitative estimate of drug-likeness (QED) is 0.648. The van der Waals surface area contributed by atoms with Crippen molar-refractivity contribution in [3.8, 4) is 5.75 Å². The van der Waals surface area contributed by atoms with E-state index in [2.05, 4.69) is 10.6 Å². The van der Waals surface area contributed by atoms with Crippen LogP contribution in [0.5, 0.6) is 5.75 Å². The summed E-state index contributed by atoms with van der Waals surface area (Å²) >= 11 is 0. The normalized spacial score (nSPS) is 10.1. The summed E-state index contributed by atoms with van der Waals surface area (Å²) in [4.78, 5) is 34.7. The summed E-state index contributed by atoms with van der Waals surface area (Å²) in [6.07, 6.45) is 1.51. The summed E-state index contributed by atoms with van der Waals surface area (Å²) in [6.45, 7) is 1.07. The number of esters is 1. The zero-order valence-electron chi connectivity index (χ0n) is 16.0. The molecule has 0 heterocycles. The lowest BCUT2D eigenvalue weighted by Gasteiger charge is -2.09. The minimum atomic E-state index is -0.426. The van der Waals surface area contributed by atoms with Gasteiger partial charge in [-0.15, -0.1) is 0 Å². The molecule has 0 aromatic heterocycles. The Labute approximate surface area is 164 Å². The maximum absolute atomic E-state index is 11.9. The molecule has 148 valence electrons. The highest BCUT2D eigenvalue weighted by atomic mass is 16.5. The maximum Gasteiger partial charge on any atom is 0.306 e. The number of anilines is 2. The van der Waals surface area contributed by atoms with E-state index < -0.39 is 11.9 Å². The monoisotopic (exact) mass is 384 g/mol. The van der Waals surface area contributed by atoms with Crippen molar-refractivity contribution < 1.29 is 23.9 Å². The number of amides is 2. The molecule has 2 N–H and O–H groups in total. The highest BCUT2D eigenvalue weighted by Crippen LogP contribution is 2.19. The van der Waals surface area contributed by atoms with Crippen molar-refractivity contribution in [2.45, 2.75) is 26.2 Å². The standard InChI is InChI=1S/C21H24N2O5/c1-15(24)22-17-10-12-18(13-11-17)23-20(25)14-28-21(26)9-5-7-16-6-3-4-8-19(16)27-2/h3-4,6,8,10-13H,5,7,9,14H2,1-2H3,(H,22,24)(H,23,25). The average molecular weight is 384 g/mol. The molecular formula is C21H24N2O5. The number of methoxy groups -OCH3 is 1. The van der Waals surface area contributed by atoms with E-state index in [-0.39, 0.29) is 18.9 Å². The SMILES string of the molecule is COc1ccccc1CCCC(=O)OCC(=O)Nc1ccc(NC(C)=O)cc1. The summed E-state index contributed by atoms with van der Waals surface area (Å²) in [7, 11) is 1.61. The van der Waals surface area contributed by atoms with Crippen LogP contribution in [0.4, 0.5) is 11.4 Å². The predicted molar refractivity (Wildman–Crippen MR) is 106 cm³/mol. The van der Waals surface area contributed by atoms with Gasteiger partial charge >= 0.3 is 5.97 Å². The smallest absolute Gasteiger partial charge is 0.306 e. The molecule has 2 aromatic rings. The zero-order chi connectivity index (χ0) is 20.4. The molecule has 0 spiro atoms. The molecule has 0 bridgehead atoms. The van der Waals surface area contributed by atoms with Crippen LogP contribution < -0.4 is 15.4 Å². The number of para-hydroxylation sites is 1. The van der Waals surface area contributed by atoms with Crippen LogP contribution in [0, 0.1) is 0 Å². The van der Waals surface area contributed by atoms with Crippen molar-refractivity contribution in [2.24, 2.45) is 0 Å². The van der Waals surface area contributed by atoms with Gasteiger partial charge in [0.05, 0.1) is 7.11 Å². The van der Waals surface area contributed by atoms with E-state index >= 15 is 0 Å². The minimum absolute atomic E-state index is 0.172. The number of nitrogens with one attached hydrogen (secondary N) is 2. The molecule has 0 aliphatic carbocycles. The summed E-state index contributed by atoms with van der Waals surface area (Å²) in [5, 5.41) is 5.26. The van der Waals surface area contributed by atoms with E-state index in [0.717, 1.165) is 11.3 Å². The largest absolute Gasteiger partial charge is 0.496 e. The molecule has 2 aromatic carbocycles. The summed E-state index contributed by atoms with van der Waals surface area (Å²) < 4.78 is 10.3. The van der Waals surface area contributed by atoms with Crippen molar-refractivity contribution in [1.29, 1.82) is 0 Å². The van der Waals surface area contributed by atoms with Crippen molar-refractivity contribution in [3.63, 3.8) is 0 Å². The third-order valence-electron chi connectivity index (χ3n) is 3.87. The first-order chi connectivity index (χ1) is 13.5. The number of rotatable bonds is 9. The van der Waals surface area contributed by atoms with Gasteiger partial charge in [0, 0.05) is 24.7 Å². The van der Waals surface area contributed by atoms with Crippen LogP contribution in [0.2, 0.25) is 0 Å². The molecule has 0 unspecified atom stereocenters. The fourth-order valence-corrected chi connectivity index (χ4v) is 2.59.